The number of carbonyl (C=O) groups is 2. The van der Waals surface area contributed by atoms with Gasteiger partial charge in [-0.2, -0.15) is 0 Å². The highest BCUT2D eigenvalue weighted by Gasteiger charge is 2.20. The van der Waals surface area contributed by atoms with Gasteiger partial charge in [0.05, 0.1) is 6.61 Å². The molecule has 0 bridgehead atoms. The van der Waals surface area contributed by atoms with Crippen molar-refractivity contribution in [1.82, 2.24) is 0 Å². The van der Waals surface area contributed by atoms with E-state index in [0.29, 0.717) is 15.5 Å². The molecule has 1 rings (SSSR count). The Balaban J connectivity index is 3.06. The fourth-order valence-electron chi connectivity index (χ4n) is 1.16. The molecule has 1 aromatic carbocycles. The zero-order chi connectivity index (χ0) is 12.1. The molecule has 3 nitrogen and oxygen atoms in total. The van der Waals surface area contributed by atoms with Crippen molar-refractivity contribution in [3.05, 3.63) is 28.8 Å². The van der Waals surface area contributed by atoms with Gasteiger partial charge in [0.2, 0.25) is 0 Å². The van der Waals surface area contributed by atoms with Gasteiger partial charge in [-0.05, 0) is 31.4 Å². The normalized spacial score (nSPS) is 9.94. The Morgan fingerprint density at radius 3 is 2.69 bits per heavy atom. The molecule has 86 valence electrons. The highest BCUT2D eigenvalue weighted by molar-refractivity contribution is 7.98. The molecule has 16 heavy (non-hydrogen) atoms. The summed E-state index contributed by atoms with van der Waals surface area (Å²) in [5.41, 5.74) is 0.290. The number of hydrogen-bond acceptors (Lipinski definition) is 4. The highest BCUT2D eigenvalue weighted by Crippen LogP contribution is 2.24. The van der Waals surface area contributed by atoms with Gasteiger partial charge in [0.25, 0.3) is 5.78 Å². The Labute approximate surface area is 103 Å². The van der Waals surface area contributed by atoms with Crippen molar-refractivity contribution in [2.75, 3.05) is 12.9 Å². The lowest BCUT2D eigenvalue weighted by Gasteiger charge is -2.06. The van der Waals surface area contributed by atoms with Crippen molar-refractivity contribution in [2.45, 2.75) is 11.8 Å². The van der Waals surface area contributed by atoms with E-state index in [9.17, 15) is 9.59 Å². The van der Waals surface area contributed by atoms with Gasteiger partial charge in [-0.25, -0.2) is 4.79 Å². The number of thioether (sulfide) groups is 1. The van der Waals surface area contributed by atoms with Crippen LogP contribution in [-0.2, 0) is 9.53 Å². The van der Waals surface area contributed by atoms with Crippen LogP contribution in [0.25, 0.3) is 0 Å². The van der Waals surface area contributed by atoms with Crippen molar-refractivity contribution in [3.63, 3.8) is 0 Å². The molecule has 0 spiro atoms. The summed E-state index contributed by atoms with van der Waals surface area (Å²) in [5.74, 6) is -1.51. The van der Waals surface area contributed by atoms with Crippen molar-refractivity contribution in [2.24, 2.45) is 0 Å². The van der Waals surface area contributed by atoms with Crippen molar-refractivity contribution < 1.29 is 14.3 Å². The van der Waals surface area contributed by atoms with Gasteiger partial charge in [0, 0.05) is 15.5 Å². The number of carbonyl (C=O) groups excluding carboxylic acids is 2. The number of Topliss-reactive ketones (excluding diaryl/α,β-unsaturated/α-hetero) is 1. The number of esters is 1. The van der Waals surface area contributed by atoms with Crippen LogP contribution in [0.1, 0.15) is 17.3 Å². The number of ketones is 1. The minimum atomic E-state index is -0.847. The molecule has 5 heteroatoms. The Morgan fingerprint density at radius 2 is 2.12 bits per heavy atom. The number of hydrogen-bond donors (Lipinski definition) is 0. The monoisotopic (exact) mass is 258 g/mol. The maximum Gasteiger partial charge on any atom is 0.379 e. The van der Waals surface area contributed by atoms with Crippen LogP contribution in [0.4, 0.5) is 0 Å². The van der Waals surface area contributed by atoms with Crippen LogP contribution in [-0.4, -0.2) is 24.6 Å². The van der Waals surface area contributed by atoms with E-state index in [1.54, 1.807) is 19.1 Å². The molecule has 0 atom stereocenters. The van der Waals surface area contributed by atoms with Crippen molar-refractivity contribution in [3.8, 4) is 0 Å². The van der Waals surface area contributed by atoms with Crippen molar-refractivity contribution >= 4 is 35.1 Å². The van der Waals surface area contributed by atoms with E-state index < -0.39 is 11.8 Å². The van der Waals surface area contributed by atoms with Gasteiger partial charge >= 0.3 is 5.97 Å². The Hall–Kier alpha value is -1.000. The summed E-state index contributed by atoms with van der Waals surface area (Å²) in [5, 5.41) is 0.422. The summed E-state index contributed by atoms with van der Waals surface area (Å²) in [4.78, 5) is 23.7. The van der Waals surface area contributed by atoms with Crippen molar-refractivity contribution in [1.29, 1.82) is 0 Å². The smallest absolute Gasteiger partial charge is 0.379 e. The minimum Gasteiger partial charge on any atom is -0.460 e. The molecule has 1 aromatic rings. The predicted octanol–water partition coefficient (Wildman–Crippen LogP) is 2.81. The first kappa shape index (κ1) is 13.1. The van der Waals surface area contributed by atoms with Gasteiger partial charge in [-0.15, -0.1) is 11.8 Å². The van der Waals surface area contributed by atoms with Crippen LogP contribution < -0.4 is 0 Å². The van der Waals surface area contributed by atoms with Crippen LogP contribution in [0.3, 0.4) is 0 Å². The SMILES string of the molecule is CCOC(=O)C(=O)c1cc(Cl)ccc1SC. The number of halogens is 1. The Bertz CT molecular complexity index is 418. The first-order chi connectivity index (χ1) is 7.60. The van der Waals surface area contributed by atoms with Gasteiger partial charge in [0.15, 0.2) is 0 Å². The van der Waals surface area contributed by atoms with E-state index in [-0.39, 0.29) is 6.61 Å². The van der Waals surface area contributed by atoms with Crippen LogP contribution in [0.5, 0.6) is 0 Å². The van der Waals surface area contributed by atoms with Crippen LogP contribution in [0, 0.1) is 0 Å². The lowest BCUT2D eigenvalue weighted by Crippen LogP contribution is -2.18. The first-order valence-corrected chi connectivity index (χ1v) is 6.25. The molecule has 0 fully saturated rings. The number of ether oxygens (including phenoxy) is 1. The maximum absolute atomic E-state index is 11.7. The van der Waals surface area contributed by atoms with E-state index >= 15 is 0 Å². The molecule has 0 aliphatic rings. The Morgan fingerprint density at radius 1 is 1.44 bits per heavy atom. The average Bonchev–Trinajstić information content (AvgIpc) is 2.28. The molecule has 0 radical (unpaired) electrons. The lowest BCUT2D eigenvalue weighted by molar-refractivity contribution is -0.137. The third-order valence-electron chi connectivity index (χ3n) is 1.87. The van der Waals surface area contributed by atoms with Crippen LogP contribution >= 0.6 is 23.4 Å². The van der Waals surface area contributed by atoms with Gasteiger partial charge in [-0.1, -0.05) is 11.6 Å². The minimum absolute atomic E-state index is 0.180. The molecule has 0 unspecified atom stereocenters. The summed E-state index contributed by atoms with van der Waals surface area (Å²) < 4.78 is 4.66. The molecule has 0 aliphatic carbocycles. The maximum atomic E-state index is 11.7. The van der Waals surface area contributed by atoms with E-state index in [1.165, 1.54) is 17.8 Å². The third-order valence-corrected chi connectivity index (χ3v) is 2.90. The summed E-state index contributed by atoms with van der Waals surface area (Å²) in [6.07, 6.45) is 1.82. The van der Waals surface area contributed by atoms with Gasteiger partial charge in [-0.3, -0.25) is 4.79 Å². The summed E-state index contributed by atoms with van der Waals surface area (Å²) in [6, 6.07) is 4.86. The molecular formula is C11H11ClO3S. The zero-order valence-corrected chi connectivity index (χ0v) is 10.5. The molecule has 0 aromatic heterocycles. The highest BCUT2D eigenvalue weighted by atomic mass is 35.5. The molecule has 0 amide bonds. The molecule has 0 saturated carbocycles. The quantitative estimate of drug-likeness (QED) is 0.361. The standard InChI is InChI=1S/C11H11ClO3S/c1-3-15-11(14)10(13)8-6-7(12)4-5-9(8)16-2/h4-6H,3H2,1-2H3. The largest absolute Gasteiger partial charge is 0.460 e. The number of rotatable bonds is 4. The summed E-state index contributed by atoms with van der Waals surface area (Å²) in [6.45, 7) is 1.83. The van der Waals surface area contributed by atoms with E-state index in [1.807, 2.05) is 6.26 Å². The molecule has 0 heterocycles. The zero-order valence-electron chi connectivity index (χ0n) is 8.95. The lowest BCUT2D eigenvalue weighted by atomic mass is 10.1. The molecule has 0 aliphatic heterocycles. The summed E-state index contributed by atoms with van der Waals surface area (Å²) in [7, 11) is 0. The van der Waals surface area contributed by atoms with E-state index in [2.05, 4.69) is 4.74 Å². The Kier molecular flexibility index (Phi) is 4.83. The second kappa shape index (κ2) is 5.92. The average molecular weight is 259 g/mol. The number of benzene rings is 1. The fourth-order valence-corrected chi connectivity index (χ4v) is 1.91. The van der Waals surface area contributed by atoms with Gasteiger partial charge in [0.1, 0.15) is 0 Å². The van der Waals surface area contributed by atoms with E-state index in [4.69, 9.17) is 11.6 Å². The van der Waals surface area contributed by atoms with E-state index in [0.717, 1.165) is 0 Å². The fraction of sp³-hybridized carbons (Fsp3) is 0.273. The second-order valence-electron chi connectivity index (χ2n) is 2.89. The van der Waals surface area contributed by atoms with Crippen LogP contribution in [0.2, 0.25) is 5.02 Å². The first-order valence-electron chi connectivity index (χ1n) is 4.65. The topological polar surface area (TPSA) is 43.4 Å². The molecular weight excluding hydrogens is 248 g/mol. The third kappa shape index (κ3) is 3.00. The summed E-state index contributed by atoms with van der Waals surface area (Å²) >= 11 is 7.17. The second-order valence-corrected chi connectivity index (χ2v) is 4.18. The predicted molar refractivity (Wildman–Crippen MR) is 64.2 cm³/mol. The van der Waals surface area contributed by atoms with Gasteiger partial charge < -0.3 is 4.74 Å². The van der Waals surface area contributed by atoms with Crippen LogP contribution in [0.15, 0.2) is 23.1 Å². The molecule has 0 N–H and O–H groups in total. The molecule has 0 saturated heterocycles.